The van der Waals surface area contributed by atoms with Gasteiger partial charge in [-0.2, -0.15) is 23.5 Å². The molecular weight excluding hydrogens is 621 g/mol. The van der Waals surface area contributed by atoms with Crippen LogP contribution in [-0.4, -0.2) is 93.0 Å². The Morgan fingerprint density at radius 3 is 1.80 bits per heavy atom. The number of ketones is 1. The summed E-state index contributed by atoms with van der Waals surface area (Å²) in [6.07, 6.45) is 12.4. The Bertz CT molecular complexity index is 1230. The van der Waals surface area contributed by atoms with Gasteiger partial charge >= 0.3 is 11.9 Å². The van der Waals surface area contributed by atoms with E-state index < -0.39 is 11.9 Å². The number of piperazine rings is 1. The van der Waals surface area contributed by atoms with E-state index in [1.54, 1.807) is 0 Å². The summed E-state index contributed by atoms with van der Waals surface area (Å²) in [5, 5.41) is 15.6. The highest BCUT2D eigenvalue weighted by Gasteiger charge is 2.41. The maximum Gasteiger partial charge on any atom is 0.328 e. The van der Waals surface area contributed by atoms with E-state index in [1.807, 2.05) is 42.1 Å². The van der Waals surface area contributed by atoms with Gasteiger partial charge in [0.15, 0.2) is 0 Å². The van der Waals surface area contributed by atoms with Gasteiger partial charge in [0, 0.05) is 74.3 Å². The van der Waals surface area contributed by atoms with E-state index in [0.29, 0.717) is 17.9 Å². The number of ether oxygens (including phenoxy) is 1. The van der Waals surface area contributed by atoms with Crippen LogP contribution in [0.2, 0.25) is 0 Å². The van der Waals surface area contributed by atoms with Crippen LogP contribution >= 0.6 is 23.5 Å². The van der Waals surface area contributed by atoms with Gasteiger partial charge in [0.2, 0.25) is 0 Å². The Hall–Kier alpha value is -2.79. The number of rotatable bonds is 7. The Kier molecular flexibility index (Phi) is 15.0. The van der Waals surface area contributed by atoms with Crippen LogP contribution in [0, 0.1) is 0 Å². The zero-order chi connectivity index (χ0) is 32.6. The van der Waals surface area contributed by atoms with Crippen molar-refractivity contribution in [3.8, 4) is 11.5 Å². The lowest BCUT2D eigenvalue weighted by Gasteiger charge is -2.51. The number of benzene rings is 2. The maximum atomic E-state index is 10.4. The number of aliphatic carboxylic acids is 2. The van der Waals surface area contributed by atoms with Gasteiger partial charge in [0.1, 0.15) is 17.3 Å². The number of nitrogens with zero attached hydrogens (tertiary/aromatic N) is 2. The zero-order valence-electron chi connectivity index (χ0n) is 26.7. The molecule has 1 aliphatic carbocycles. The topological polar surface area (TPSA) is 107 Å². The molecule has 10 heteroatoms. The summed E-state index contributed by atoms with van der Waals surface area (Å²) < 4.78 is 6.06. The van der Waals surface area contributed by atoms with E-state index in [-0.39, 0.29) is 5.54 Å². The number of thioether (sulfide) groups is 2. The maximum absolute atomic E-state index is 10.4. The van der Waals surface area contributed by atoms with Crippen molar-refractivity contribution in [1.29, 1.82) is 0 Å². The average molecular weight is 669 g/mol. The van der Waals surface area contributed by atoms with Gasteiger partial charge in [0.25, 0.3) is 0 Å². The molecule has 0 unspecified atom stereocenters. The van der Waals surface area contributed by atoms with Crippen molar-refractivity contribution in [2.45, 2.75) is 69.4 Å². The smallest absolute Gasteiger partial charge is 0.328 e. The number of Topliss-reactive ketones (excluding diaryl/α,β-unsaturated/α-hetero) is 1. The summed E-state index contributed by atoms with van der Waals surface area (Å²) in [4.78, 5) is 35.2. The van der Waals surface area contributed by atoms with Crippen LogP contribution in [0.3, 0.4) is 0 Å². The zero-order valence-corrected chi connectivity index (χ0v) is 28.3. The summed E-state index contributed by atoms with van der Waals surface area (Å²) in [6, 6.07) is 19.9. The van der Waals surface area contributed by atoms with Crippen LogP contribution in [0.1, 0.15) is 63.4 Å². The van der Waals surface area contributed by atoms with Crippen molar-refractivity contribution >= 4 is 41.2 Å². The van der Waals surface area contributed by atoms with Crippen LogP contribution in [0.25, 0.3) is 0 Å². The third-order valence-corrected chi connectivity index (χ3v) is 11.1. The van der Waals surface area contributed by atoms with E-state index in [4.69, 9.17) is 14.9 Å². The van der Waals surface area contributed by atoms with Gasteiger partial charge in [0.05, 0.1) is 0 Å². The number of carboxylic acids is 2. The van der Waals surface area contributed by atoms with Crippen LogP contribution in [0.4, 0.5) is 0 Å². The molecule has 2 aromatic rings. The monoisotopic (exact) mass is 668 g/mol. The molecule has 2 aromatic carbocycles. The predicted molar refractivity (Wildman–Crippen MR) is 187 cm³/mol. The van der Waals surface area contributed by atoms with E-state index in [2.05, 4.69) is 45.8 Å². The summed E-state index contributed by atoms with van der Waals surface area (Å²) in [6.45, 7) is 4.91. The summed E-state index contributed by atoms with van der Waals surface area (Å²) in [7, 11) is 0. The minimum absolute atomic E-state index is 0.204. The van der Waals surface area contributed by atoms with Crippen molar-refractivity contribution < 1.29 is 29.3 Å². The lowest BCUT2D eigenvalue weighted by molar-refractivity contribution is -0.134. The first-order chi connectivity index (χ1) is 22.4. The van der Waals surface area contributed by atoms with Crippen LogP contribution in [0.15, 0.2) is 66.7 Å². The lowest BCUT2D eigenvalue weighted by Crippen LogP contribution is -2.58. The molecule has 1 saturated carbocycles. The number of carbonyl (C=O) groups excluding carboxylic acids is 1. The van der Waals surface area contributed by atoms with E-state index in [0.717, 1.165) is 41.9 Å². The van der Waals surface area contributed by atoms with Gasteiger partial charge in [-0.05, 0) is 67.0 Å². The number of para-hydroxylation sites is 1. The van der Waals surface area contributed by atoms with E-state index >= 15 is 0 Å². The fourth-order valence-corrected chi connectivity index (χ4v) is 8.77. The fourth-order valence-electron chi connectivity index (χ4n) is 6.66. The molecule has 0 amide bonds. The molecule has 6 rings (SSSR count). The molecule has 3 aliphatic heterocycles. The normalized spacial score (nSPS) is 20.9. The second-order valence-corrected chi connectivity index (χ2v) is 14.5. The summed E-state index contributed by atoms with van der Waals surface area (Å²) >= 11 is 4.00. The molecule has 0 bridgehead atoms. The Labute approximate surface area is 281 Å². The quantitative estimate of drug-likeness (QED) is 0.301. The fraction of sp³-hybridized carbons (Fsp3) is 0.528. The largest absolute Gasteiger partial charge is 0.478 e. The van der Waals surface area contributed by atoms with E-state index in [9.17, 15) is 14.4 Å². The number of hydrogen-bond acceptors (Lipinski definition) is 8. The third kappa shape index (κ3) is 11.5. The van der Waals surface area contributed by atoms with Crippen LogP contribution < -0.4 is 4.74 Å². The minimum Gasteiger partial charge on any atom is -0.478 e. The molecule has 46 heavy (non-hydrogen) atoms. The second kappa shape index (κ2) is 19.1. The summed E-state index contributed by atoms with van der Waals surface area (Å²) in [5.74, 6) is 4.40. The first kappa shape index (κ1) is 36.1. The molecule has 3 saturated heterocycles. The number of carbonyl (C=O) groups is 3. The average Bonchev–Trinajstić information content (AvgIpc) is 3.10. The molecule has 0 atom stereocenters. The van der Waals surface area contributed by atoms with Crippen molar-refractivity contribution in [2.75, 3.05) is 49.2 Å². The summed E-state index contributed by atoms with van der Waals surface area (Å²) in [5.41, 5.74) is 1.69. The molecule has 4 fully saturated rings. The van der Waals surface area contributed by atoms with Crippen LogP contribution in [-0.2, 0) is 19.9 Å². The van der Waals surface area contributed by atoms with Gasteiger partial charge in [-0.3, -0.25) is 14.6 Å². The standard InChI is InChI=1S/C27H36N2OS.C5H8OS.C4H4O4/c1-3-7-24(8-4-1)28-17-19-29(20-18-28)27(15-21-31-22-16-27)23-11-13-26(14-12-23)30-25-9-5-2-6-10-25;6-5-1-3-7-4-2-5;5-3(6)1-2-4(7)8/h2,5-6,9-14,24H,1,3-4,7-8,15-22H2;1-4H2;1-2H,(H,5,6)(H,7,8)/b;;2-1-. The first-order valence-electron chi connectivity index (χ1n) is 16.5. The lowest BCUT2D eigenvalue weighted by atomic mass is 9.81. The Morgan fingerprint density at radius 2 is 1.28 bits per heavy atom. The van der Waals surface area contributed by atoms with Gasteiger partial charge < -0.3 is 14.9 Å². The number of hydrogen-bond donors (Lipinski definition) is 2. The number of carboxylic acid groups (broad SMARTS) is 2. The van der Waals surface area contributed by atoms with E-state index in [1.165, 1.54) is 88.2 Å². The molecule has 2 N–H and O–H groups in total. The van der Waals surface area contributed by atoms with Crippen molar-refractivity contribution in [2.24, 2.45) is 0 Å². The molecule has 3 heterocycles. The van der Waals surface area contributed by atoms with Gasteiger partial charge in [-0.15, -0.1) is 0 Å². The predicted octanol–water partition coefficient (Wildman–Crippen LogP) is 6.95. The molecule has 0 aromatic heterocycles. The molecule has 8 nitrogen and oxygen atoms in total. The Morgan fingerprint density at radius 1 is 0.739 bits per heavy atom. The molecule has 0 radical (unpaired) electrons. The molecular formula is C36H48N2O6S2. The van der Waals surface area contributed by atoms with Crippen molar-refractivity contribution in [3.63, 3.8) is 0 Å². The highest BCUT2D eigenvalue weighted by molar-refractivity contribution is 7.99. The molecule has 0 spiro atoms. The van der Waals surface area contributed by atoms with Crippen molar-refractivity contribution in [1.82, 2.24) is 9.80 Å². The third-order valence-electron chi connectivity index (χ3n) is 9.12. The van der Waals surface area contributed by atoms with Crippen molar-refractivity contribution in [3.05, 3.63) is 72.3 Å². The van der Waals surface area contributed by atoms with Gasteiger partial charge in [-0.25, -0.2) is 9.59 Å². The molecule has 250 valence electrons. The Balaban J connectivity index is 0.000000264. The minimum atomic E-state index is -1.26. The molecule has 4 aliphatic rings. The highest BCUT2D eigenvalue weighted by atomic mass is 32.2. The van der Waals surface area contributed by atoms with Crippen LogP contribution in [0.5, 0.6) is 11.5 Å². The second-order valence-electron chi connectivity index (χ2n) is 12.1. The SMILES string of the molecule is O=C(O)/C=C\C(=O)O.O=C1CCSCC1.c1ccc(Oc2ccc(C3(N4CCN(C5CCCCC5)CC4)CCSCC3)cc2)cc1. The first-order valence-corrected chi connectivity index (χ1v) is 18.8. The highest BCUT2D eigenvalue weighted by Crippen LogP contribution is 2.42. The van der Waals surface area contributed by atoms with Gasteiger partial charge in [-0.1, -0.05) is 49.6 Å².